The lowest BCUT2D eigenvalue weighted by Crippen LogP contribution is -2.13. The fourth-order valence-corrected chi connectivity index (χ4v) is 2.49. The molecule has 0 aliphatic heterocycles. The van der Waals surface area contributed by atoms with Gasteiger partial charge in [-0.2, -0.15) is 0 Å². The number of methoxy groups -OCH3 is 1. The maximum Gasteiger partial charge on any atom is 0.162 e. The quantitative estimate of drug-likeness (QED) is 0.742. The van der Waals surface area contributed by atoms with Crippen LogP contribution in [0.3, 0.4) is 0 Å². The van der Waals surface area contributed by atoms with Crippen LogP contribution in [0.2, 0.25) is 0 Å². The Bertz CT molecular complexity index is 782. The number of aromatic nitrogens is 3. The lowest BCUT2D eigenvalue weighted by Gasteiger charge is -2.20. The molecule has 3 aromatic rings. The van der Waals surface area contributed by atoms with Gasteiger partial charge in [-0.1, -0.05) is 0 Å². The Kier molecular flexibility index (Phi) is 3.43. The van der Waals surface area contributed by atoms with Gasteiger partial charge in [-0.3, -0.25) is 4.09 Å². The van der Waals surface area contributed by atoms with E-state index < -0.39 is 0 Å². The molecule has 108 valence electrons. The minimum atomic E-state index is 0.709. The second-order valence-corrected chi connectivity index (χ2v) is 5.08. The van der Waals surface area contributed by atoms with Crippen LogP contribution >= 0.6 is 11.8 Å². The average molecular weight is 303 g/mol. The summed E-state index contributed by atoms with van der Waals surface area (Å²) in [6.45, 7) is 1.87. The van der Waals surface area contributed by atoms with Gasteiger partial charge in [-0.15, -0.1) is 0 Å². The van der Waals surface area contributed by atoms with Crippen LogP contribution in [-0.2, 0) is 0 Å². The predicted octanol–water partition coefficient (Wildman–Crippen LogP) is 3.52. The van der Waals surface area contributed by atoms with Crippen molar-refractivity contribution in [3.63, 3.8) is 0 Å². The molecule has 3 rings (SSSR count). The molecule has 0 bridgehead atoms. The molecule has 0 aliphatic rings. The third-order valence-electron chi connectivity index (χ3n) is 3.36. The van der Waals surface area contributed by atoms with Crippen LogP contribution in [0.1, 0.15) is 5.82 Å². The second kappa shape index (κ2) is 5.26. The maximum atomic E-state index is 6.20. The summed E-state index contributed by atoms with van der Waals surface area (Å²) in [7, 11) is 3.60. The van der Waals surface area contributed by atoms with Crippen molar-refractivity contribution in [2.45, 2.75) is 6.92 Å². The molecule has 2 heterocycles. The van der Waals surface area contributed by atoms with Crippen molar-refractivity contribution in [1.82, 2.24) is 14.1 Å². The number of halogens is 1. The van der Waals surface area contributed by atoms with Gasteiger partial charge < -0.3 is 9.64 Å². The number of ether oxygens (including phenoxy) is 1. The van der Waals surface area contributed by atoms with E-state index in [-0.39, 0.29) is 0 Å². The number of fused-ring (bicyclic) bond motifs is 1. The topological polar surface area (TPSA) is 43.2 Å². The van der Waals surface area contributed by atoms with Crippen LogP contribution in [-0.4, -0.2) is 28.2 Å². The minimum absolute atomic E-state index is 0.709. The third kappa shape index (κ3) is 2.40. The zero-order chi connectivity index (χ0) is 15.0. The molecule has 0 unspecified atom stereocenters. The molecule has 0 saturated heterocycles. The molecule has 0 amide bonds. The summed E-state index contributed by atoms with van der Waals surface area (Å²) in [5, 5.41) is 0. The summed E-state index contributed by atoms with van der Waals surface area (Å²) >= 11 is 6.20. The zero-order valence-electron chi connectivity index (χ0n) is 12.0. The van der Waals surface area contributed by atoms with E-state index >= 15 is 0 Å². The van der Waals surface area contributed by atoms with Crippen LogP contribution in [0.25, 0.3) is 11.0 Å². The fraction of sp³-hybridized carbons (Fsp3) is 0.200. The molecule has 0 spiro atoms. The first-order chi connectivity index (χ1) is 10.1. The summed E-state index contributed by atoms with van der Waals surface area (Å²) in [6, 6.07) is 9.66. The first-order valence-corrected chi connectivity index (χ1v) is 6.83. The molecule has 0 saturated carbocycles. The first-order valence-electron chi connectivity index (χ1n) is 6.50. The Morgan fingerprint density at radius 1 is 1.14 bits per heavy atom. The highest BCUT2D eigenvalue weighted by Gasteiger charge is 2.15. The highest BCUT2D eigenvalue weighted by Crippen LogP contribution is 2.30. The molecule has 0 N–H and O–H groups in total. The Labute approximate surface area is 127 Å². The summed E-state index contributed by atoms with van der Waals surface area (Å²) in [5.41, 5.74) is 2.61. The van der Waals surface area contributed by atoms with Crippen LogP contribution in [0.4, 0.5) is 11.5 Å². The van der Waals surface area contributed by atoms with Gasteiger partial charge in [-0.05, 0) is 37.3 Å². The normalized spacial score (nSPS) is 10.9. The number of nitrogens with zero attached hydrogens (tertiary/aromatic N) is 4. The van der Waals surface area contributed by atoms with E-state index in [9.17, 15) is 0 Å². The summed E-state index contributed by atoms with van der Waals surface area (Å²) in [5.74, 6) is 2.29. The lowest BCUT2D eigenvalue weighted by atomic mass is 10.2. The number of hydrogen-bond acceptors (Lipinski definition) is 4. The molecule has 5 nitrogen and oxygen atoms in total. The van der Waals surface area contributed by atoms with E-state index in [0.717, 1.165) is 28.3 Å². The highest BCUT2D eigenvalue weighted by atomic mass is 35.5. The van der Waals surface area contributed by atoms with Crippen LogP contribution in [0.5, 0.6) is 5.75 Å². The largest absolute Gasteiger partial charge is 0.497 e. The van der Waals surface area contributed by atoms with E-state index in [1.807, 2.05) is 49.2 Å². The first kappa shape index (κ1) is 13.7. The highest BCUT2D eigenvalue weighted by molar-refractivity contribution is 6.20. The van der Waals surface area contributed by atoms with Gasteiger partial charge in [0.1, 0.15) is 17.1 Å². The van der Waals surface area contributed by atoms with Crippen molar-refractivity contribution in [2.75, 3.05) is 19.1 Å². The predicted molar refractivity (Wildman–Crippen MR) is 84.6 cm³/mol. The molecule has 0 atom stereocenters. The van der Waals surface area contributed by atoms with Gasteiger partial charge in [0.2, 0.25) is 0 Å². The van der Waals surface area contributed by atoms with E-state index in [0.29, 0.717) is 5.82 Å². The number of rotatable bonds is 3. The van der Waals surface area contributed by atoms with E-state index in [1.165, 1.54) is 4.09 Å². The molecule has 0 aliphatic carbocycles. The molecule has 21 heavy (non-hydrogen) atoms. The van der Waals surface area contributed by atoms with Gasteiger partial charge in [0.25, 0.3) is 0 Å². The molecule has 2 aromatic heterocycles. The Morgan fingerprint density at radius 3 is 2.52 bits per heavy atom. The van der Waals surface area contributed by atoms with Crippen molar-refractivity contribution in [2.24, 2.45) is 0 Å². The molecule has 1 aromatic carbocycles. The lowest BCUT2D eigenvalue weighted by molar-refractivity contribution is 0.415. The molecule has 6 heteroatoms. The fourth-order valence-electron chi connectivity index (χ4n) is 2.27. The van der Waals surface area contributed by atoms with Crippen molar-refractivity contribution >= 4 is 34.3 Å². The standard InChI is InChI=1S/C15H15ClN4O/c1-10-17-13-8-9-20(16)14(13)15(18-10)19(2)11-4-6-12(21-3)7-5-11/h4-9H,1-3H3. The Balaban J connectivity index is 2.11. The van der Waals surface area contributed by atoms with Gasteiger partial charge in [-0.25, -0.2) is 9.97 Å². The SMILES string of the molecule is COc1ccc(N(C)c2nc(C)nc3ccn(Cl)c23)cc1. The third-order valence-corrected chi connectivity index (χ3v) is 3.64. The number of hydrogen-bond donors (Lipinski definition) is 0. The number of benzene rings is 1. The second-order valence-electron chi connectivity index (χ2n) is 4.71. The van der Waals surface area contributed by atoms with Gasteiger partial charge in [0, 0.05) is 30.7 Å². The monoisotopic (exact) mass is 302 g/mol. The average Bonchev–Trinajstić information content (AvgIpc) is 2.87. The summed E-state index contributed by atoms with van der Waals surface area (Å²) in [6.07, 6.45) is 1.77. The smallest absolute Gasteiger partial charge is 0.162 e. The molecular formula is C15H15ClN4O. The zero-order valence-corrected chi connectivity index (χ0v) is 12.8. The van der Waals surface area contributed by atoms with Gasteiger partial charge in [0.05, 0.1) is 12.6 Å². The van der Waals surface area contributed by atoms with Crippen molar-refractivity contribution in [3.05, 3.63) is 42.4 Å². The van der Waals surface area contributed by atoms with Crippen molar-refractivity contribution in [1.29, 1.82) is 0 Å². The summed E-state index contributed by atoms with van der Waals surface area (Å²) in [4.78, 5) is 10.9. The molecular weight excluding hydrogens is 288 g/mol. The van der Waals surface area contributed by atoms with Crippen LogP contribution in [0, 0.1) is 6.92 Å². The van der Waals surface area contributed by atoms with E-state index in [1.54, 1.807) is 13.3 Å². The maximum absolute atomic E-state index is 6.20. The number of aryl methyl sites for hydroxylation is 1. The molecule has 0 radical (unpaired) electrons. The number of anilines is 2. The van der Waals surface area contributed by atoms with Gasteiger partial charge >= 0.3 is 0 Å². The van der Waals surface area contributed by atoms with E-state index in [2.05, 4.69) is 9.97 Å². The Hall–Kier alpha value is -2.27. The Morgan fingerprint density at radius 2 is 1.86 bits per heavy atom. The van der Waals surface area contributed by atoms with Gasteiger partial charge in [0.15, 0.2) is 5.82 Å². The molecule has 0 fully saturated rings. The van der Waals surface area contributed by atoms with E-state index in [4.69, 9.17) is 16.5 Å². The minimum Gasteiger partial charge on any atom is -0.497 e. The van der Waals surface area contributed by atoms with Crippen molar-refractivity contribution < 1.29 is 4.74 Å². The van der Waals surface area contributed by atoms with Crippen molar-refractivity contribution in [3.8, 4) is 5.75 Å². The van der Waals surface area contributed by atoms with Crippen LogP contribution in [0.15, 0.2) is 36.5 Å². The van der Waals surface area contributed by atoms with Crippen LogP contribution < -0.4 is 9.64 Å². The summed E-state index contributed by atoms with van der Waals surface area (Å²) < 4.78 is 6.70.